The van der Waals surface area contributed by atoms with E-state index < -0.39 is 18.1 Å². The van der Waals surface area contributed by atoms with Crippen LogP contribution in [0.5, 0.6) is 0 Å². The summed E-state index contributed by atoms with van der Waals surface area (Å²) in [6, 6.07) is -0.723. The van der Waals surface area contributed by atoms with Crippen LogP contribution in [0.4, 0.5) is 0 Å². The number of likely N-dealkylation sites (N-methyl/N-ethyl adjacent to an activating group) is 1. The monoisotopic (exact) mass is 878 g/mol. The minimum absolute atomic E-state index is 0.0433. The lowest BCUT2D eigenvalue weighted by molar-refractivity contribution is -0.889. The number of hydrogen-bond acceptors (Lipinski definition) is 7. The Morgan fingerprint density at radius 1 is 0.468 bits per heavy atom. The Kier molecular flexibility index (Phi) is 44.2. The van der Waals surface area contributed by atoms with E-state index in [0.717, 1.165) is 51.4 Å². The number of carboxylic acid groups (broad SMARTS) is 1. The highest BCUT2D eigenvalue weighted by Crippen LogP contribution is 2.17. The number of ether oxygens (including phenoxy) is 3. The van der Waals surface area contributed by atoms with E-state index in [2.05, 4.69) is 26.0 Å². The van der Waals surface area contributed by atoms with Crippen molar-refractivity contribution in [3.05, 3.63) is 12.2 Å². The summed E-state index contributed by atoms with van der Waals surface area (Å²) in [5.41, 5.74) is 0. The molecular weight excluding hydrogens is 775 g/mol. The molecule has 0 aromatic rings. The third kappa shape index (κ3) is 43.3. The zero-order chi connectivity index (χ0) is 45.6. The Bertz CT molecular complexity index is 1020. The van der Waals surface area contributed by atoms with Crippen molar-refractivity contribution in [1.82, 2.24) is 0 Å². The standard InChI is InChI=1S/C54H103NO7/c1-6-8-10-12-14-16-18-20-22-23-24-25-26-27-28-29-30-31-33-34-36-38-40-42-44-52(56)61-49-50(48-60-47-46-51(54(58)59)55(3,4)5)62-53(57)45-43-41-39-37-35-32-21-19-17-15-13-11-9-7-2/h19,21,50-51H,6-18,20,22-49H2,1-5H3/b21-19-. The molecule has 2 unspecified atom stereocenters. The molecule has 0 radical (unpaired) electrons. The van der Waals surface area contributed by atoms with Crippen LogP contribution < -0.4 is 5.11 Å². The molecule has 0 rings (SSSR count). The van der Waals surface area contributed by atoms with Gasteiger partial charge < -0.3 is 28.6 Å². The smallest absolute Gasteiger partial charge is 0.306 e. The Labute approximate surface area is 384 Å². The molecule has 0 aliphatic heterocycles. The van der Waals surface area contributed by atoms with Crippen LogP contribution in [-0.2, 0) is 28.6 Å². The maximum absolute atomic E-state index is 12.8. The Balaban J connectivity index is 4.11. The zero-order valence-corrected chi connectivity index (χ0v) is 41.8. The molecule has 0 aliphatic rings. The number of rotatable bonds is 49. The first-order valence-corrected chi connectivity index (χ1v) is 26.7. The molecule has 0 aromatic carbocycles. The first-order valence-electron chi connectivity index (χ1n) is 26.7. The van der Waals surface area contributed by atoms with E-state index in [1.165, 1.54) is 180 Å². The summed E-state index contributed by atoms with van der Waals surface area (Å²) in [4.78, 5) is 37.0. The lowest BCUT2D eigenvalue weighted by Gasteiger charge is -2.34. The van der Waals surface area contributed by atoms with Crippen molar-refractivity contribution in [2.24, 2.45) is 0 Å². The lowest BCUT2D eigenvalue weighted by atomic mass is 10.0. The van der Waals surface area contributed by atoms with E-state index in [-0.39, 0.29) is 42.7 Å². The number of esters is 2. The predicted molar refractivity (Wildman–Crippen MR) is 259 cm³/mol. The first kappa shape index (κ1) is 60.1. The maximum atomic E-state index is 12.8. The average Bonchev–Trinajstić information content (AvgIpc) is 3.23. The van der Waals surface area contributed by atoms with Crippen LogP contribution in [0.25, 0.3) is 0 Å². The lowest BCUT2D eigenvalue weighted by Crippen LogP contribution is -2.55. The van der Waals surface area contributed by atoms with E-state index in [0.29, 0.717) is 12.8 Å². The van der Waals surface area contributed by atoms with Gasteiger partial charge in [-0.2, -0.15) is 0 Å². The van der Waals surface area contributed by atoms with Gasteiger partial charge in [-0.3, -0.25) is 9.59 Å². The van der Waals surface area contributed by atoms with E-state index in [1.807, 2.05) is 21.1 Å². The number of unbranched alkanes of at least 4 members (excludes halogenated alkanes) is 33. The van der Waals surface area contributed by atoms with E-state index in [1.54, 1.807) is 0 Å². The predicted octanol–water partition coefficient (Wildman–Crippen LogP) is 14.1. The highest BCUT2D eigenvalue weighted by atomic mass is 16.6. The summed E-state index contributed by atoms with van der Waals surface area (Å²) in [6.07, 6.45) is 51.1. The number of nitrogens with zero attached hydrogens (tertiary/aromatic N) is 1. The van der Waals surface area contributed by atoms with E-state index in [9.17, 15) is 19.5 Å². The van der Waals surface area contributed by atoms with Gasteiger partial charge in [-0.15, -0.1) is 0 Å². The number of allylic oxidation sites excluding steroid dienone is 2. The highest BCUT2D eigenvalue weighted by Gasteiger charge is 2.25. The molecule has 0 N–H and O–H groups in total. The van der Waals surface area contributed by atoms with Crippen LogP contribution in [0.1, 0.15) is 264 Å². The summed E-state index contributed by atoms with van der Waals surface area (Å²) in [7, 11) is 5.42. The molecule has 0 bridgehead atoms. The number of aliphatic carboxylic acids is 1. The Morgan fingerprint density at radius 2 is 0.806 bits per heavy atom. The second-order valence-corrected chi connectivity index (χ2v) is 19.5. The van der Waals surface area contributed by atoms with Gasteiger partial charge in [0.25, 0.3) is 0 Å². The zero-order valence-electron chi connectivity index (χ0n) is 41.8. The molecule has 0 saturated heterocycles. The second kappa shape index (κ2) is 45.6. The number of hydrogen-bond donors (Lipinski definition) is 0. The van der Waals surface area contributed by atoms with Crippen molar-refractivity contribution >= 4 is 17.9 Å². The first-order chi connectivity index (χ1) is 30.1. The third-order valence-corrected chi connectivity index (χ3v) is 12.4. The van der Waals surface area contributed by atoms with Crippen molar-refractivity contribution in [2.75, 3.05) is 41.0 Å². The third-order valence-electron chi connectivity index (χ3n) is 12.4. The van der Waals surface area contributed by atoms with Crippen LogP contribution in [-0.4, -0.2) is 75.5 Å². The van der Waals surface area contributed by atoms with Crippen molar-refractivity contribution in [3.8, 4) is 0 Å². The van der Waals surface area contributed by atoms with Gasteiger partial charge in [0.1, 0.15) is 12.6 Å². The number of quaternary nitrogens is 1. The van der Waals surface area contributed by atoms with Crippen molar-refractivity contribution in [2.45, 2.75) is 276 Å². The van der Waals surface area contributed by atoms with E-state index in [4.69, 9.17) is 14.2 Å². The van der Waals surface area contributed by atoms with Crippen LogP contribution in [0.2, 0.25) is 0 Å². The minimum Gasteiger partial charge on any atom is -0.544 e. The average molecular weight is 878 g/mol. The number of carboxylic acids is 1. The van der Waals surface area contributed by atoms with Gasteiger partial charge in [-0.25, -0.2) is 0 Å². The number of carbonyl (C=O) groups is 3. The second-order valence-electron chi connectivity index (χ2n) is 19.5. The number of carbonyl (C=O) groups excluding carboxylic acids is 3. The van der Waals surface area contributed by atoms with Crippen LogP contribution in [0.15, 0.2) is 12.2 Å². The van der Waals surface area contributed by atoms with Gasteiger partial charge in [-0.05, 0) is 38.5 Å². The van der Waals surface area contributed by atoms with Crippen LogP contribution in [0, 0.1) is 0 Å². The topological polar surface area (TPSA) is 102 Å². The quantitative estimate of drug-likeness (QED) is 0.0260. The van der Waals surface area contributed by atoms with Gasteiger partial charge in [0.15, 0.2) is 6.10 Å². The van der Waals surface area contributed by atoms with Crippen molar-refractivity contribution in [3.63, 3.8) is 0 Å². The fraction of sp³-hybridized carbons (Fsp3) is 0.907. The molecule has 2 atom stereocenters. The van der Waals surface area contributed by atoms with Gasteiger partial charge in [0, 0.05) is 19.3 Å². The fourth-order valence-electron chi connectivity index (χ4n) is 8.25. The highest BCUT2D eigenvalue weighted by molar-refractivity contribution is 5.70. The summed E-state index contributed by atoms with van der Waals surface area (Å²) in [5, 5.41) is 11.7. The molecule has 0 spiro atoms. The molecule has 0 saturated carbocycles. The molecule has 0 aromatic heterocycles. The normalized spacial score (nSPS) is 12.9. The molecular formula is C54H103NO7. The minimum atomic E-state index is -1.12. The SMILES string of the molecule is CCCCCCC/C=C\CCCCCCCC(=O)OC(COCCC(C(=O)[O-])[N+](C)(C)C)COC(=O)CCCCCCCCCCCCCCCCCCCCCCCCCC. The van der Waals surface area contributed by atoms with Crippen molar-refractivity contribution in [1.29, 1.82) is 0 Å². The van der Waals surface area contributed by atoms with Crippen LogP contribution in [0.3, 0.4) is 0 Å². The molecule has 0 fully saturated rings. The molecule has 366 valence electrons. The Hall–Kier alpha value is -1.93. The maximum Gasteiger partial charge on any atom is 0.306 e. The van der Waals surface area contributed by atoms with Gasteiger partial charge >= 0.3 is 11.9 Å². The molecule has 0 heterocycles. The fourth-order valence-corrected chi connectivity index (χ4v) is 8.25. The largest absolute Gasteiger partial charge is 0.544 e. The summed E-state index contributed by atoms with van der Waals surface area (Å²) in [6.45, 7) is 4.69. The van der Waals surface area contributed by atoms with Crippen LogP contribution >= 0.6 is 0 Å². The van der Waals surface area contributed by atoms with E-state index >= 15 is 0 Å². The molecule has 8 nitrogen and oxygen atoms in total. The summed E-state index contributed by atoms with van der Waals surface area (Å²) in [5.74, 6) is -1.72. The molecule has 8 heteroatoms. The molecule has 0 aliphatic carbocycles. The Morgan fingerprint density at radius 3 is 1.16 bits per heavy atom. The van der Waals surface area contributed by atoms with Gasteiger partial charge in [0.2, 0.25) is 0 Å². The molecule has 62 heavy (non-hydrogen) atoms. The molecule has 0 amide bonds. The summed E-state index contributed by atoms with van der Waals surface area (Å²) < 4.78 is 17.2. The summed E-state index contributed by atoms with van der Waals surface area (Å²) >= 11 is 0. The van der Waals surface area contributed by atoms with Crippen molar-refractivity contribution < 1.29 is 38.2 Å². The van der Waals surface area contributed by atoms with Gasteiger partial charge in [-0.1, -0.05) is 219 Å². The van der Waals surface area contributed by atoms with Gasteiger partial charge in [0.05, 0.1) is 40.3 Å².